The predicted molar refractivity (Wildman–Crippen MR) is 123 cm³/mol. The minimum atomic E-state index is -4.84. The molecule has 34 heavy (non-hydrogen) atoms. The van der Waals surface area contributed by atoms with Crippen LogP contribution in [0.3, 0.4) is 0 Å². The fourth-order valence-electron chi connectivity index (χ4n) is 5.05. The molecular formula is C27H33F6N. The van der Waals surface area contributed by atoms with Crippen molar-refractivity contribution in [1.82, 2.24) is 4.90 Å². The number of nitrogens with zero attached hydrogens (tertiary/aromatic N) is 1. The van der Waals surface area contributed by atoms with Gasteiger partial charge in [0.25, 0.3) is 0 Å². The van der Waals surface area contributed by atoms with Crippen molar-refractivity contribution >= 4 is 0 Å². The molecule has 0 saturated heterocycles. The molecule has 3 rings (SSSR count). The molecule has 3 atom stereocenters. The highest BCUT2D eigenvalue weighted by molar-refractivity contribution is 5.26. The Kier molecular flexibility index (Phi) is 9.07. The third-order valence-electron chi connectivity index (χ3n) is 7.09. The molecule has 1 aliphatic rings. The molecule has 188 valence electrons. The zero-order valence-corrected chi connectivity index (χ0v) is 19.5. The van der Waals surface area contributed by atoms with Crippen LogP contribution in [0.15, 0.2) is 54.6 Å². The topological polar surface area (TPSA) is 3.24 Å². The Morgan fingerprint density at radius 2 is 1.35 bits per heavy atom. The van der Waals surface area contributed by atoms with Gasteiger partial charge in [-0.15, -0.1) is 0 Å². The molecule has 0 amide bonds. The van der Waals surface area contributed by atoms with Crippen LogP contribution >= 0.6 is 0 Å². The van der Waals surface area contributed by atoms with Crippen molar-refractivity contribution in [2.24, 2.45) is 11.8 Å². The molecule has 0 heterocycles. The normalized spacial score (nSPS) is 21.7. The first kappa shape index (κ1) is 26.6. The molecule has 3 unspecified atom stereocenters. The van der Waals surface area contributed by atoms with Crippen molar-refractivity contribution in [3.05, 3.63) is 71.3 Å². The Hall–Kier alpha value is -2.02. The van der Waals surface area contributed by atoms with E-state index in [2.05, 4.69) is 24.0 Å². The Balaban J connectivity index is 1.50. The van der Waals surface area contributed by atoms with E-state index in [0.717, 1.165) is 44.5 Å². The van der Waals surface area contributed by atoms with Crippen LogP contribution < -0.4 is 0 Å². The lowest BCUT2D eigenvalue weighted by Gasteiger charge is -2.38. The van der Waals surface area contributed by atoms with E-state index in [4.69, 9.17) is 0 Å². The van der Waals surface area contributed by atoms with Gasteiger partial charge in [0.2, 0.25) is 0 Å². The molecule has 0 aliphatic heterocycles. The highest BCUT2D eigenvalue weighted by atomic mass is 19.4. The molecule has 0 radical (unpaired) electrons. The van der Waals surface area contributed by atoms with Crippen LogP contribution in [0.4, 0.5) is 26.3 Å². The number of rotatable bonds is 9. The standard InChI is InChI=1S/C27H33F6N/c1-2-34(18-16-20-7-4-3-5-8-20)17-6-9-21-10-12-22(13-11-21)23-14-15-24(26(28,29)30)25(19-23)27(31,32)33/h3-5,7-8,10-13,23-25H,2,6,9,14-19H2,1H3. The second-order valence-corrected chi connectivity index (χ2v) is 9.32. The smallest absolute Gasteiger partial charge is 0.303 e. The SMILES string of the molecule is CCN(CCCc1ccc(C2CCC(C(F)(F)F)C(C(F)(F)F)C2)cc1)CCc1ccccc1. The first-order valence-electron chi connectivity index (χ1n) is 12.1. The number of halogens is 6. The fourth-order valence-corrected chi connectivity index (χ4v) is 5.05. The van der Waals surface area contributed by atoms with Crippen LogP contribution in [0.1, 0.15) is 55.2 Å². The molecule has 1 aliphatic carbocycles. The van der Waals surface area contributed by atoms with Crippen molar-refractivity contribution in [3.63, 3.8) is 0 Å². The molecule has 1 fully saturated rings. The number of likely N-dealkylation sites (N-methyl/N-ethyl adjacent to an activating group) is 1. The Morgan fingerprint density at radius 1 is 0.735 bits per heavy atom. The Morgan fingerprint density at radius 3 is 1.94 bits per heavy atom. The van der Waals surface area contributed by atoms with E-state index in [9.17, 15) is 26.3 Å². The molecule has 1 saturated carbocycles. The van der Waals surface area contributed by atoms with Gasteiger partial charge in [0.05, 0.1) is 11.8 Å². The minimum absolute atomic E-state index is 0.128. The van der Waals surface area contributed by atoms with Crippen molar-refractivity contribution in [2.45, 2.75) is 63.7 Å². The zero-order valence-electron chi connectivity index (χ0n) is 19.5. The summed E-state index contributed by atoms with van der Waals surface area (Å²) >= 11 is 0. The van der Waals surface area contributed by atoms with E-state index in [1.54, 1.807) is 12.1 Å². The monoisotopic (exact) mass is 485 g/mol. The number of benzene rings is 2. The first-order valence-corrected chi connectivity index (χ1v) is 12.1. The van der Waals surface area contributed by atoms with E-state index in [-0.39, 0.29) is 6.42 Å². The maximum atomic E-state index is 13.4. The lowest BCUT2D eigenvalue weighted by Crippen LogP contribution is -2.42. The van der Waals surface area contributed by atoms with Gasteiger partial charge < -0.3 is 4.90 Å². The average Bonchev–Trinajstić information content (AvgIpc) is 2.81. The summed E-state index contributed by atoms with van der Waals surface area (Å²) < 4.78 is 79.5. The number of hydrogen-bond donors (Lipinski definition) is 0. The van der Waals surface area contributed by atoms with Gasteiger partial charge in [0.1, 0.15) is 0 Å². The van der Waals surface area contributed by atoms with Gasteiger partial charge in [0, 0.05) is 6.54 Å². The summed E-state index contributed by atoms with van der Waals surface area (Å²) in [4.78, 5) is 2.40. The second kappa shape index (κ2) is 11.6. The van der Waals surface area contributed by atoms with Crippen LogP contribution in [0.2, 0.25) is 0 Å². The second-order valence-electron chi connectivity index (χ2n) is 9.32. The van der Waals surface area contributed by atoms with E-state index >= 15 is 0 Å². The Bertz CT molecular complexity index is 859. The summed E-state index contributed by atoms with van der Waals surface area (Å²) in [5.41, 5.74) is 3.12. The summed E-state index contributed by atoms with van der Waals surface area (Å²) in [6, 6.07) is 17.8. The minimum Gasteiger partial charge on any atom is -0.303 e. The van der Waals surface area contributed by atoms with Gasteiger partial charge in [-0.25, -0.2) is 0 Å². The van der Waals surface area contributed by atoms with Gasteiger partial charge in [0.15, 0.2) is 0 Å². The lowest BCUT2D eigenvalue weighted by atomic mass is 9.71. The zero-order chi connectivity index (χ0) is 24.8. The molecule has 2 aromatic rings. The fraction of sp³-hybridized carbons (Fsp3) is 0.556. The Labute approximate surface area is 198 Å². The van der Waals surface area contributed by atoms with E-state index in [1.165, 1.54) is 5.56 Å². The number of hydrogen-bond acceptors (Lipinski definition) is 1. The average molecular weight is 486 g/mol. The molecule has 1 nitrogen and oxygen atoms in total. The van der Waals surface area contributed by atoms with E-state index < -0.39 is 42.9 Å². The van der Waals surface area contributed by atoms with E-state index in [1.807, 2.05) is 30.3 Å². The van der Waals surface area contributed by atoms with E-state index in [0.29, 0.717) is 5.56 Å². The van der Waals surface area contributed by atoms with Crippen LogP contribution in [-0.2, 0) is 12.8 Å². The molecule has 7 heteroatoms. The van der Waals surface area contributed by atoms with Gasteiger partial charge in [-0.1, -0.05) is 61.5 Å². The van der Waals surface area contributed by atoms with Crippen LogP contribution in [-0.4, -0.2) is 36.9 Å². The van der Waals surface area contributed by atoms with Crippen LogP contribution in [0, 0.1) is 11.8 Å². The quantitative estimate of drug-likeness (QED) is 0.328. The molecule has 0 N–H and O–H groups in total. The largest absolute Gasteiger partial charge is 0.392 e. The van der Waals surface area contributed by atoms with Crippen molar-refractivity contribution < 1.29 is 26.3 Å². The van der Waals surface area contributed by atoms with Crippen LogP contribution in [0.25, 0.3) is 0 Å². The highest BCUT2D eigenvalue weighted by Gasteiger charge is 2.56. The van der Waals surface area contributed by atoms with Gasteiger partial charge in [-0.3, -0.25) is 0 Å². The summed E-state index contributed by atoms with van der Waals surface area (Å²) in [7, 11) is 0. The molecule has 2 aromatic carbocycles. The summed E-state index contributed by atoms with van der Waals surface area (Å²) in [6.07, 6.45) is -7.69. The number of aryl methyl sites for hydroxylation is 1. The third kappa shape index (κ3) is 7.49. The van der Waals surface area contributed by atoms with Gasteiger partial charge in [-0.05, 0) is 74.2 Å². The molecular weight excluding hydrogens is 452 g/mol. The third-order valence-corrected chi connectivity index (χ3v) is 7.09. The van der Waals surface area contributed by atoms with Gasteiger partial charge in [-0.2, -0.15) is 26.3 Å². The first-order chi connectivity index (χ1) is 16.1. The summed E-state index contributed by atoms with van der Waals surface area (Å²) in [6.45, 7) is 5.05. The number of alkyl halides is 6. The molecule has 0 aromatic heterocycles. The lowest BCUT2D eigenvalue weighted by molar-refractivity contribution is -0.263. The van der Waals surface area contributed by atoms with Crippen molar-refractivity contribution in [1.29, 1.82) is 0 Å². The predicted octanol–water partition coefficient (Wildman–Crippen LogP) is 7.81. The summed E-state index contributed by atoms with van der Waals surface area (Å²) in [5, 5.41) is 0. The van der Waals surface area contributed by atoms with Crippen LogP contribution in [0.5, 0.6) is 0 Å². The molecule has 0 spiro atoms. The maximum absolute atomic E-state index is 13.4. The van der Waals surface area contributed by atoms with Crippen molar-refractivity contribution in [2.75, 3.05) is 19.6 Å². The summed E-state index contributed by atoms with van der Waals surface area (Å²) in [5.74, 6) is -5.12. The van der Waals surface area contributed by atoms with Crippen molar-refractivity contribution in [3.8, 4) is 0 Å². The molecule has 0 bridgehead atoms. The van der Waals surface area contributed by atoms with Gasteiger partial charge >= 0.3 is 12.4 Å². The highest BCUT2D eigenvalue weighted by Crippen LogP contribution is 2.52. The maximum Gasteiger partial charge on any atom is 0.392 e.